The van der Waals surface area contributed by atoms with Gasteiger partial charge in [-0.3, -0.25) is 0 Å². The van der Waals surface area contributed by atoms with E-state index in [1.807, 2.05) is 0 Å². The molecule has 0 aromatic heterocycles. The van der Waals surface area contributed by atoms with E-state index < -0.39 is 8.07 Å². The van der Waals surface area contributed by atoms with E-state index in [2.05, 4.69) is 223 Å². The van der Waals surface area contributed by atoms with E-state index >= 15 is 0 Å². The molecule has 3 aliphatic rings. The molecule has 0 bridgehead atoms. The molecule has 0 atom stereocenters. The summed E-state index contributed by atoms with van der Waals surface area (Å²) in [6.45, 7) is 2.33. The number of benzene rings is 9. The Balaban J connectivity index is 1.16. The highest BCUT2D eigenvalue weighted by molar-refractivity contribution is 7.22. The summed E-state index contributed by atoms with van der Waals surface area (Å²) in [6, 6.07) is 77.7. The fraction of sp³-hybridized carbons (Fsp3) is 0.0189. The lowest BCUT2D eigenvalue weighted by Crippen LogP contribution is -2.72. The van der Waals surface area contributed by atoms with Gasteiger partial charge < -0.3 is 9.80 Å². The molecule has 3 aliphatic heterocycles. The SMILES string of the molecule is Cc1cc2c3c(c1)N(c1ccccc1)c1c(ccc4ccccc14)B3c1ccccc1N2c1ccc2c(c1)[Si](c1ccccc1)(c1ccccc1)c1ccccc1-2. The number of fused-ring (bicyclic) bond motifs is 9. The molecule has 266 valence electrons. The molecule has 2 nitrogen and oxygen atoms in total. The van der Waals surface area contributed by atoms with Crippen molar-refractivity contribution in [3.05, 3.63) is 212 Å². The molecular weight excluding hydrogens is 703 g/mol. The largest absolute Gasteiger partial charge is 0.311 e. The molecule has 0 aliphatic carbocycles. The van der Waals surface area contributed by atoms with E-state index in [-0.39, 0.29) is 6.71 Å². The second kappa shape index (κ2) is 12.3. The first-order valence-electron chi connectivity index (χ1n) is 20.0. The Labute approximate surface area is 335 Å². The highest BCUT2D eigenvalue weighted by Gasteiger charge is 2.49. The van der Waals surface area contributed by atoms with Gasteiger partial charge in [-0.1, -0.05) is 164 Å². The Hall–Kier alpha value is -6.88. The number of anilines is 6. The fourth-order valence-electron chi connectivity index (χ4n) is 10.5. The van der Waals surface area contributed by atoms with Crippen molar-refractivity contribution < 1.29 is 0 Å². The second-order valence-corrected chi connectivity index (χ2v) is 19.4. The van der Waals surface area contributed by atoms with Crippen molar-refractivity contribution in [3.63, 3.8) is 0 Å². The molecule has 4 heteroatoms. The lowest BCUT2D eigenvalue weighted by atomic mass is 9.33. The van der Waals surface area contributed by atoms with Gasteiger partial charge in [-0.15, -0.1) is 0 Å². The zero-order chi connectivity index (χ0) is 37.7. The summed E-state index contributed by atoms with van der Waals surface area (Å²) in [5, 5.41) is 8.26. The van der Waals surface area contributed by atoms with Crippen LogP contribution in [-0.4, -0.2) is 14.8 Å². The van der Waals surface area contributed by atoms with Gasteiger partial charge in [-0.2, -0.15) is 0 Å². The third-order valence-electron chi connectivity index (χ3n) is 12.7. The molecule has 0 fully saturated rings. The number of para-hydroxylation sites is 2. The highest BCUT2D eigenvalue weighted by Crippen LogP contribution is 2.46. The van der Waals surface area contributed by atoms with Crippen molar-refractivity contribution in [3.8, 4) is 11.1 Å². The third-order valence-corrected chi connectivity index (χ3v) is 17.6. The summed E-state index contributed by atoms with van der Waals surface area (Å²) in [5.74, 6) is 0. The maximum absolute atomic E-state index is 2.70. The van der Waals surface area contributed by atoms with Gasteiger partial charge in [-0.25, -0.2) is 0 Å². The molecule has 0 unspecified atom stereocenters. The predicted octanol–water partition coefficient (Wildman–Crippen LogP) is 8.59. The number of hydrogen-bond donors (Lipinski definition) is 0. The van der Waals surface area contributed by atoms with Gasteiger partial charge in [0.05, 0.1) is 0 Å². The Morgan fingerprint density at radius 3 is 1.81 bits per heavy atom. The van der Waals surface area contributed by atoms with Crippen molar-refractivity contribution in [1.82, 2.24) is 0 Å². The summed E-state index contributed by atoms with van der Waals surface area (Å²) in [4.78, 5) is 5.11. The number of hydrogen-bond acceptors (Lipinski definition) is 2. The summed E-state index contributed by atoms with van der Waals surface area (Å²) >= 11 is 0. The van der Waals surface area contributed by atoms with Crippen LogP contribution in [0.25, 0.3) is 21.9 Å². The van der Waals surface area contributed by atoms with Crippen LogP contribution in [0.1, 0.15) is 5.56 Å². The minimum atomic E-state index is -2.70. The molecule has 0 spiro atoms. The second-order valence-electron chi connectivity index (χ2n) is 15.7. The van der Waals surface area contributed by atoms with E-state index in [4.69, 9.17) is 0 Å². The Morgan fingerprint density at radius 2 is 1.04 bits per heavy atom. The Morgan fingerprint density at radius 1 is 0.421 bits per heavy atom. The zero-order valence-corrected chi connectivity index (χ0v) is 32.6. The smallest absolute Gasteiger partial charge is 0.252 e. The topological polar surface area (TPSA) is 6.48 Å². The summed E-state index contributed by atoms with van der Waals surface area (Å²) in [5.41, 5.74) is 15.3. The molecule has 0 saturated carbocycles. The molecule has 12 rings (SSSR count). The van der Waals surface area contributed by atoms with E-state index in [0.717, 1.165) is 0 Å². The van der Waals surface area contributed by atoms with Gasteiger partial charge in [0.1, 0.15) is 0 Å². The maximum Gasteiger partial charge on any atom is 0.252 e. The van der Waals surface area contributed by atoms with Crippen molar-refractivity contribution in [1.29, 1.82) is 0 Å². The molecule has 3 heterocycles. The summed E-state index contributed by atoms with van der Waals surface area (Å²) < 4.78 is 0. The number of nitrogens with zero attached hydrogens (tertiary/aromatic N) is 2. The van der Waals surface area contributed by atoms with Crippen LogP contribution in [-0.2, 0) is 0 Å². The van der Waals surface area contributed by atoms with Crippen molar-refractivity contribution in [2.75, 3.05) is 9.80 Å². The van der Waals surface area contributed by atoms with Crippen LogP contribution in [0.5, 0.6) is 0 Å². The van der Waals surface area contributed by atoms with E-state index in [1.165, 1.54) is 98.7 Å². The van der Waals surface area contributed by atoms with Gasteiger partial charge in [-0.05, 0) is 109 Å². The van der Waals surface area contributed by atoms with Crippen LogP contribution in [0, 0.1) is 6.92 Å². The molecule has 0 N–H and O–H groups in total. The molecule has 0 radical (unpaired) electrons. The quantitative estimate of drug-likeness (QED) is 0.167. The molecule has 0 saturated heterocycles. The van der Waals surface area contributed by atoms with Gasteiger partial charge in [0.25, 0.3) is 6.71 Å². The zero-order valence-electron chi connectivity index (χ0n) is 31.6. The first-order chi connectivity index (χ1) is 28.2. The Bertz CT molecular complexity index is 3010. The standard InChI is InChI=1S/C53H37BN2Si/c1-36-33-48-52-49(34-36)56(38-18-5-2-6-19-38)53-42-24-12-11-17-37(42)29-32-46(53)54(52)45-26-14-15-27-47(45)55(48)39-30-31-44-43-25-13-16-28-50(43)57(51(44)35-39,40-20-7-3-8-21-40)41-22-9-4-10-23-41/h2-35H,1H3. The minimum Gasteiger partial charge on any atom is -0.311 e. The summed E-state index contributed by atoms with van der Waals surface area (Å²) in [6.07, 6.45) is 0. The van der Waals surface area contributed by atoms with Crippen LogP contribution >= 0.6 is 0 Å². The van der Waals surface area contributed by atoms with Crippen molar-refractivity contribution in [2.45, 2.75) is 6.92 Å². The highest BCUT2D eigenvalue weighted by atomic mass is 28.3. The van der Waals surface area contributed by atoms with Crippen LogP contribution in [0.15, 0.2) is 206 Å². The monoisotopic (exact) mass is 740 g/mol. The predicted molar refractivity (Wildman–Crippen MR) is 245 cm³/mol. The number of aryl methyl sites for hydroxylation is 1. The van der Waals surface area contributed by atoms with Gasteiger partial charge in [0.2, 0.25) is 0 Å². The third kappa shape index (κ3) is 4.47. The van der Waals surface area contributed by atoms with Crippen LogP contribution in [0.4, 0.5) is 34.1 Å². The lowest BCUT2D eigenvalue weighted by Gasteiger charge is -2.45. The van der Waals surface area contributed by atoms with E-state index in [0.29, 0.717) is 0 Å². The lowest BCUT2D eigenvalue weighted by molar-refractivity contribution is 1.25. The van der Waals surface area contributed by atoms with E-state index in [9.17, 15) is 0 Å². The van der Waals surface area contributed by atoms with Gasteiger partial charge >= 0.3 is 0 Å². The average Bonchev–Trinajstić information content (AvgIpc) is 3.57. The first-order valence-corrected chi connectivity index (χ1v) is 22.0. The first kappa shape index (κ1) is 32.4. The maximum atomic E-state index is 2.57. The minimum absolute atomic E-state index is 0.0726. The van der Waals surface area contributed by atoms with Crippen molar-refractivity contribution >= 4 is 96.8 Å². The molecule has 9 aromatic rings. The summed E-state index contributed by atoms with van der Waals surface area (Å²) in [7, 11) is -2.70. The number of rotatable bonds is 4. The molecule has 57 heavy (non-hydrogen) atoms. The Kier molecular flexibility index (Phi) is 6.99. The van der Waals surface area contributed by atoms with Crippen LogP contribution < -0.4 is 46.9 Å². The molecule has 9 aromatic carbocycles. The van der Waals surface area contributed by atoms with Crippen LogP contribution in [0.3, 0.4) is 0 Å². The fourth-order valence-corrected chi connectivity index (χ4v) is 15.7. The van der Waals surface area contributed by atoms with Crippen molar-refractivity contribution in [2.24, 2.45) is 0 Å². The normalized spacial score (nSPS) is 14.1. The van der Waals surface area contributed by atoms with Gasteiger partial charge in [0, 0.05) is 39.5 Å². The molecular formula is C53H37BN2Si. The molecule has 0 amide bonds. The van der Waals surface area contributed by atoms with Gasteiger partial charge in [0.15, 0.2) is 8.07 Å². The average molecular weight is 741 g/mol. The van der Waals surface area contributed by atoms with Crippen LogP contribution in [0.2, 0.25) is 0 Å². The van der Waals surface area contributed by atoms with E-state index in [1.54, 1.807) is 0 Å².